The summed E-state index contributed by atoms with van der Waals surface area (Å²) in [6.45, 7) is 8.25. The van der Waals surface area contributed by atoms with Crippen molar-refractivity contribution in [3.05, 3.63) is 0 Å². The Hall–Kier alpha value is -1.10. The van der Waals surface area contributed by atoms with Crippen LogP contribution in [-0.4, -0.2) is 48.9 Å². The molecule has 0 aliphatic rings. The van der Waals surface area contributed by atoms with Gasteiger partial charge in [0.25, 0.3) is 0 Å². The molecule has 0 heterocycles. The number of nitrogens with one attached hydrogen (secondary N) is 2. The van der Waals surface area contributed by atoms with E-state index in [1.165, 1.54) is 0 Å². The maximum atomic E-state index is 11.9. The summed E-state index contributed by atoms with van der Waals surface area (Å²) in [7, 11) is 3.45. The zero-order valence-electron chi connectivity index (χ0n) is 11.8. The third kappa shape index (κ3) is 6.94. The quantitative estimate of drug-likeness (QED) is 0.733. The minimum absolute atomic E-state index is 0.0136. The van der Waals surface area contributed by atoms with Crippen molar-refractivity contribution in [2.24, 2.45) is 0 Å². The Morgan fingerprint density at radius 3 is 2.24 bits per heavy atom. The first-order valence-corrected chi connectivity index (χ1v) is 5.90. The van der Waals surface area contributed by atoms with Gasteiger partial charge in [-0.25, -0.2) is 0 Å². The molecule has 0 unspecified atom stereocenters. The van der Waals surface area contributed by atoms with Gasteiger partial charge in [0.1, 0.15) is 0 Å². The summed E-state index contributed by atoms with van der Waals surface area (Å²) < 4.78 is 0. The van der Waals surface area contributed by atoms with Gasteiger partial charge < -0.3 is 10.6 Å². The lowest BCUT2D eigenvalue weighted by Gasteiger charge is -2.28. The van der Waals surface area contributed by atoms with Crippen LogP contribution in [0.5, 0.6) is 0 Å². The average Bonchev–Trinajstić information content (AvgIpc) is 2.21. The van der Waals surface area contributed by atoms with E-state index >= 15 is 0 Å². The van der Waals surface area contributed by atoms with E-state index in [4.69, 9.17) is 0 Å². The van der Waals surface area contributed by atoms with Crippen LogP contribution in [-0.2, 0) is 9.59 Å². The lowest BCUT2D eigenvalue weighted by Crippen LogP contribution is -2.50. The van der Waals surface area contributed by atoms with Crippen LogP contribution >= 0.6 is 0 Å². The first-order valence-electron chi connectivity index (χ1n) is 5.90. The molecule has 100 valence electrons. The molecule has 2 N–H and O–H groups in total. The number of nitrogens with zero attached hydrogens (tertiary/aromatic N) is 1. The molecule has 2 amide bonds. The van der Waals surface area contributed by atoms with Crippen molar-refractivity contribution in [3.63, 3.8) is 0 Å². The maximum Gasteiger partial charge on any atom is 0.237 e. The molecule has 0 rings (SSSR count). The molecular formula is C12H25N3O2. The second-order valence-corrected chi connectivity index (χ2v) is 5.32. The Bertz CT molecular complexity index is 271. The fraction of sp³-hybridized carbons (Fsp3) is 0.833. The summed E-state index contributed by atoms with van der Waals surface area (Å²) in [5.74, 6) is -0.0304. The normalized spacial score (nSPS) is 13.4. The molecule has 17 heavy (non-hydrogen) atoms. The van der Waals surface area contributed by atoms with E-state index < -0.39 is 0 Å². The number of amides is 2. The number of carbonyl (C=O) groups is 2. The second kappa shape index (κ2) is 6.59. The summed E-state index contributed by atoms with van der Waals surface area (Å²) in [4.78, 5) is 24.8. The van der Waals surface area contributed by atoms with Crippen molar-refractivity contribution >= 4 is 11.8 Å². The van der Waals surface area contributed by atoms with Crippen LogP contribution in [0.15, 0.2) is 0 Å². The van der Waals surface area contributed by atoms with Gasteiger partial charge in [0.05, 0.1) is 6.04 Å². The van der Waals surface area contributed by atoms with Gasteiger partial charge in [-0.15, -0.1) is 0 Å². The molecule has 0 saturated heterocycles. The zero-order chi connectivity index (χ0) is 13.6. The first-order chi connectivity index (χ1) is 7.67. The SMILES string of the molecule is CNC(=O)CCN(C)[C@@H](C)C(=O)NC(C)(C)C. The van der Waals surface area contributed by atoms with Crippen molar-refractivity contribution in [2.45, 2.75) is 45.7 Å². The molecule has 0 aliphatic carbocycles. The number of rotatable bonds is 5. The van der Waals surface area contributed by atoms with Crippen LogP contribution in [0.1, 0.15) is 34.1 Å². The van der Waals surface area contributed by atoms with Crippen molar-refractivity contribution in [2.75, 3.05) is 20.6 Å². The van der Waals surface area contributed by atoms with Gasteiger partial charge in [0.15, 0.2) is 0 Å². The predicted molar refractivity (Wildman–Crippen MR) is 68.7 cm³/mol. The Morgan fingerprint density at radius 1 is 1.29 bits per heavy atom. The molecule has 5 nitrogen and oxygen atoms in total. The van der Waals surface area contributed by atoms with E-state index in [0.717, 1.165) is 0 Å². The van der Waals surface area contributed by atoms with E-state index in [1.54, 1.807) is 7.05 Å². The van der Waals surface area contributed by atoms with Gasteiger partial charge in [-0.2, -0.15) is 0 Å². The standard InChI is InChI=1S/C12H25N3O2/c1-9(11(17)14-12(2,3)4)15(6)8-7-10(16)13-5/h9H,7-8H2,1-6H3,(H,13,16)(H,14,17)/t9-/m0/s1. The van der Waals surface area contributed by atoms with Gasteiger partial charge in [-0.05, 0) is 34.7 Å². The van der Waals surface area contributed by atoms with Crippen LogP contribution in [0.3, 0.4) is 0 Å². The summed E-state index contributed by atoms with van der Waals surface area (Å²) in [6, 6.07) is -0.237. The molecule has 0 spiro atoms. The first kappa shape index (κ1) is 15.9. The van der Waals surface area contributed by atoms with E-state index in [2.05, 4.69) is 10.6 Å². The zero-order valence-corrected chi connectivity index (χ0v) is 11.8. The molecule has 0 saturated carbocycles. The monoisotopic (exact) mass is 243 g/mol. The fourth-order valence-electron chi connectivity index (χ4n) is 1.27. The highest BCUT2D eigenvalue weighted by Crippen LogP contribution is 2.03. The molecular weight excluding hydrogens is 218 g/mol. The summed E-state index contributed by atoms with van der Waals surface area (Å²) in [5, 5.41) is 5.48. The van der Waals surface area contributed by atoms with Gasteiger partial charge in [0.2, 0.25) is 11.8 Å². The molecule has 0 radical (unpaired) electrons. The van der Waals surface area contributed by atoms with Crippen LogP contribution < -0.4 is 10.6 Å². The van der Waals surface area contributed by atoms with E-state index in [1.807, 2.05) is 39.6 Å². The van der Waals surface area contributed by atoms with Crippen LogP contribution in [0.25, 0.3) is 0 Å². The number of carbonyl (C=O) groups excluding carboxylic acids is 2. The van der Waals surface area contributed by atoms with Crippen molar-refractivity contribution < 1.29 is 9.59 Å². The molecule has 0 aromatic rings. The highest BCUT2D eigenvalue weighted by atomic mass is 16.2. The molecule has 0 fully saturated rings. The Morgan fingerprint density at radius 2 is 1.82 bits per heavy atom. The summed E-state index contributed by atoms with van der Waals surface area (Å²) >= 11 is 0. The van der Waals surface area contributed by atoms with Crippen LogP contribution in [0, 0.1) is 0 Å². The Labute approximate surface area is 104 Å². The molecule has 0 aliphatic heterocycles. The van der Waals surface area contributed by atoms with E-state index in [9.17, 15) is 9.59 Å². The molecule has 0 aromatic heterocycles. The predicted octanol–water partition coefficient (Wildman–Crippen LogP) is 0.358. The minimum atomic E-state index is -0.237. The van der Waals surface area contributed by atoms with E-state index in [0.29, 0.717) is 13.0 Å². The lowest BCUT2D eigenvalue weighted by molar-refractivity contribution is -0.128. The van der Waals surface area contributed by atoms with E-state index in [-0.39, 0.29) is 23.4 Å². The minimum Gasteiger partial charge on any atom is -0.359 e. The highest BCUT2D eigenvalue weighted by Gasteiger charge is 2.22. The van der Waals surface area contributed by atoms with Gasteiger partial charge in [0, 0.05) is 25.6 Å². The van der Waals surface area contributed by atoms with Gasteiger partial charge >= 0.3 is 0 Å². The average molecular weight is 243 g/mol. The molecule has 5 heteroatoms. The number of hydrogen-bond acceptors (Lipinski definition) is 3. The second-order valence-electron chi connectivity index (χ2n) is 5.32. The van der Waals surface area contributed by atoms with Crippen LogP contribution in [0.4, 0.5) is 0 Å². The maximum absolute atomic E-state index is 11.9. The van der Waals surface area contributed by atoms with Gasteiger partial charge in [-0.3, -0.25) is 14.5 Å². The third-order valence-corrected chi connectivity index (χ3v) is 2.51. The third-order valence-electron chi connectivity index (χ3n) is 2.51. The summed E-state index contributed by atoms with van der Waals surface area (Å²) in [6.07, 6.45) is 0.403. The molecule has 0 bridgehead atoms. The van der Waals surface area contributed by atoms with Crippen LogP contribution in [0.2, 0.25) is 0 Å². The summed E-state index contributed by atoms with van der Waals surface area (Å²) in [5.41, 5.74) is -0.229. The Kier molecular flexibility index (Phi) is 6.16. The number of likely N-dealkylation sites (N-methyl/N-ethyl adjacent to an activating group) is 1. The molecule has 1 atom stereocenters. The fourth-order valence-corrected chi connectivity index (χ4v) is 1.27. The number of hydrogen-bond donors (Lipinski definition) is 2. The molecule has 0 aromatic carbocycles. The highest BCUT2D eigenvalue weighted by molar-refractivity contribution is 5.82. The van der Waals surface area contributed by atoms with Crippen molar-refractivity contribution in [1.82, 2.24) is 15.5 Å². The van der Waals surface area contributed by atoms with Crippen molar-refractivity contribution in [3.8, 4) is 0 Å². The van der Waals surface area contributed by atoms with Crippen molar-refractivity contribution in [1.29, 1.82) is 0 Å². The Balaban J connectivity index is 4.16. The largest absolute Gasteiger partial charge is 0.359 e. The van der Waals surface area contributed by atoms with Gasteiger partial charge in [-0.1, -0.05) is 0 Å². The topological polar surface area (TPSA) is 61.4 Å². The lowest BCUT2D eigenvalue weighted by atomic mass is 10.1. The smallest absolute Gasteiger partial charge is 0.237 e.